The molecule has 0 saturated carbocycles. The highest BCUT2D eigenvalue weighted by atomic mass is 16.5. The lowest BCUT2D eigenvalue weighted by Crippen LogP contribution is -2.56. The zero-order chi connectivity index (χ0) is 10.3. The first-order chi connectivity index (χ1) is 7.32. The fourth-order valence-electron chi connectivity index (χ4n) is 2.48. The van der Waals surface area contributed by atoms with Crippen LogP contribution in [0.25, 0.3) is 0 Å². The van der Waals surface area contributed by atoms with Crippen molar-refractivity contribution in [2.45, 2.75) is 12.0 Å². The summed E-state index contributed by atoms with van der Waals surface area (Å²) in [5.41, 5.74) is 3.03. The summed E-state index contributed by atoms with van der Waals surface area (Å²) in [4.78, 5) is 2.38. The Morgan fingerprint density at radius 1 is 1.13 bits per heavy atom. The molecule has 0 amide bonds. The van der Waals surface area contributed by atoms with Crippen molar-refractivity contribution in [1.29, 1.82) is 0 Å². The summed E-state index contributed by atoms with van der Waals surface area (Å²) in [5.74, 6) is 0. The molecule has 1 spiro atoms. The maximum atomic E-state index is 5.37. The van der Waals surface area contributed by atoms with E-state index in [4.69, 9.17) is 4.74 Å². The van der Waals surface area contributed by atoms with E-state index >= 15 is 0 Å². The lowest BCUT2D eigenvalue weighted by Gasteiger charge is -2.44. The number of allylic oxidation sites excluding steroid dienone is 7. The highest BCUT2D eigenvalue weighted by Crippen LogP contribution is 2.43. The molecule has 0 aromatic heterocycles. The molecule has 15 heavy (non-hydrogen) atoms. The lowest BCUT2D eigenvalue weighted by atomic mass is 9.92. The van der Waals surface area contributed by atoms with Gasteiger partial charge in [0.05, 0.1) is 18.8 Å². The summed E-state index contributed by atoms with van der Waals surface area (Å²) >= 11 is 0. The van der Waals surface area contributed by atoms with Gasteiger partial charge >= 0.3 is 0 Å². The molecule has 2 nitrogen and oxygen atoms in total. The van der Waals surface area contributed by atoms with Crippen LogP contribution in [0.4, 0.5) is 0 Å². The minimum atomic E-state index is 0.254. The molecule has 2 aliphatic heterocycles. The van der Waals surface area contributed by atoms with Crippen LogP contribution in [0.2, 0.25) is 0 Å². The third-order valence-electron chi connectivity index (χ3n) is 3.55. The van der Waals surface area contributed by atoms with E-state index in [1.54, 1.807) is 0 Å². The second kappa shape index (κ2) is 3.11. The summed E-state index contributed by atoms with van der Waals surface area (Å²) in [6, 6.07) is 0. The Morgan fingerprint density at radius 3 is 2.53 bits per heavy atom. The molecule has 2 fully saturated rings. The van der Waals surface area contributed by atoms with Crippen LogP contribution in [0, 0.1) is 0 Å². The summed E-state index contributed by atoms with van der Waals surface area (Å²) in [6.07, 6.45) is 13.9. The van der Waals surface area contributed by atoms with Crippen molar-refractivity contribution in [3.05, 3.63) is 47.7 Å². The molecule has 78 valence electrons. The van der Waals surface area contributed by atoms with Crippen LogP contribution in [-0.4, -0.2) is 30.7 Å². The average Bonchev–Trinajstić information content (AvgIpc) is 2.38. The zero-order valence-electron chi connectivity index (χ0n) is 8.94. The third-order valence-corrected chi connectivity index (χ3v) is 3.55. The van der Waals surface area contributed by atoms with E-state index in [0.29, 0.717) is 0 Å². The van der Waals surface area contributed by atoms with E-state index in [9.17, 15) is 0 Å². The van der Waals surface area contributed by atoms with Gasteiger partial charge in [-0.2, -0.15) is 0 Å². The Kier molecular flexibility index (Phi) is 1.86. The van der Waals surface area contributed by atoms with Crippen molar-refractivity contribution in [1.82, 2.24) is 4.90 Å². The fraction of sp³-hybridized carbons (Fsp3) is 0.385. The zero-order valence-corrected chi connectivity index (χ0v) is 8.94. The second-order valence-electron chi connectivity index (χ2n) is 4.47. The van der Waals surface area contributed by atoms with E-state index in [-0.39, 0.29) is 5.54 Å². The molecule has 0 aromatic carbocycles. The molecule has 3 rings (SSSR count). The van der Waals surface area contributed by atoms with Gasteiger partial charge in [-0.05, 0) is 11.6 Å². The van der Waals surface area contributed by atoms with Crippen LogP contribution in [0.15, 0.2) is 47.7 Å². The van der Waals surface area contributed by atoms with Crippen LogP contribution in [-0.2, 0) is 4.74 Å². The van der Waals surface area contributed by atoms with E-state index in [2.05, 4.69) is 48.4 Å². The van der Waals surface area contributed by atoms with Crippen LogP contribution >= 0.6 is 0 Å². The molecule has 0 N–H and O–H groups in total. The SMILES string of the molecule is CN1C2=C/C=C\C=C/C=C2CC12COC2. The minimum Gasteiger partial charge on any atom is -0.376 e. The number of likely N-dealkylation sites (N-methyl/N-ethyl adjacent to an activating group) is 1. The molecule has 0 aromatic rings. The predicted octanol–water partition coefficient (Wildman–Crippen LogP) is 2.03. The van der Waals surface area contributed by atoms with Crippen molar-refractivity contribution in [2.24, 2.45) is 0 Å². The Morgan fingerprint density at radius 2 is 1.87 bits per heavy atom. The fourth-order valence-corrected chi connectivity index (χ4v) is 2.48. The Bertz CT molecular complexity index is 397. The van der Waals surface area contributed by atoms with Crippen LogP contribution < -0.4 is 0 Å². The van der Waals surface area contributed by atoms with Gasteiger partial charge < -0.3 is 9.64 Å². The van der Waals surface area contributed by atoms with Crippen LogP contribution in [0.5, 0.6) is 0 Å². The van der Waals surface area contributed by atoms with E-state index in [1.165, 1.54) is 11.3 Å². The van der Waals surface area contributed by atoms with Gasteiger partial charge in [0.25, 0.3) is 0 Å². The van der Waals surface area contributed by atoms with Gasteiger partial charge in [-0.25, -0.2) is 0 Å². The normalized spacial score (nSPS) is 30.9. The molecule has 0 unspecified atom stereocenters. The van der Waals surface area contributed by atoms with Gasteiger partial charge in [-0.3, -0.25) is 0 Å². The van der Waals surface area contributed by atoms with Crippen LogP contribution in [0.1, 0.15) is 6.42 Å². The van der Waals surface area contributed by atoms with Crippen molar-refractivity contribution in [2.75, 3.05) is 20.3 Å². The van der Waals surface area contributed by atoms with Gasteiger partial charge in [-0.1, -0.05) is 30.4 Å². The largest absolute Gasteiger partial charge is 0.376 e. The maximum Gasteiger partial charge on any atom is 0.0905 e. The molecular weight excluding hydrogens is 186 g/mol. The Hall–Kier alpha value is -1.28. The van der Waals surface area contributed by atoms with Gasteiger partial charge in [-0.15, -0.1) is 0 Å². The lowest BCUT2D eigenvalue weighted by molar-refractivity contribution is -0.108. The molecule has 0 bridgehead atoms. The first-order valence-electron chi connectivity index (χ1n) is 5.38. The number of rotatable bonds is 0. The van der Waals surface area contributed by atoms with Crippen molar-refractivity contribution in [3.8, 4) is 0 Å². The van der Waals surface area contributed by atoms with E-state index in [1.807, 2.05) is 0 Å². The highest BCUT2D eigenvalue weighted by molar-refractivity contribution is 5.45. The Labute approximate surface area is 90.2 Å². The van der Waals surface area contributed by atoms with E-state index < -0.39 is 0 Å². The number of hydrogen-bond donors (Lipinski definition) is 0. The Balaban J connectivity index is 2.02. The first kappa shape index (κ1) is 8.98. The number of hydrogen-bond acceptors (Lipinski definition) is 2. The standard InChI is InChI=1S/C13H15NO/c1-14-12-7-5-3-2-4-6-11(12)8-13(14)9-15-10-13/h2-7H,8-10H2,1H3/b3-2?,4-2-,5-3-,6-4?,7-5?,11-6?,12-7?. The molecule has 1 aliphatic carbocycles. The number of fused-ring (bicyclic) bond motifs is 1. The quantitative estimate of drug-likeness (QED) is 0.594. The minimum absolute atomic E-state index is 0.254. The predicted molar refractivity (Wildman–Crippen MR) is 60.4 cm³/mol. The topological polar surface area (TPSA) is 12.5 Å². The summed E-state index contributed by atoms with van der Waals surface area (Å²) in [6.45, 7) is 1.73. The maximum absolute atomic E-state index is 5.37. The van der Waals surface area contributed by atoms with Crippen molar-refractivity contribution in [3.63, 3.8) is 0 Å². The monoisotopic (exact) mass is 201 g/mol. The highest BCUT2D eigenvalue weighted by Gasteiger charge is 2.49. The average molecular weight is 201 g/mol. The van der Waals surface area contributed by atoms with Crippen LogP contribution in [0.3, 0.4) is 0 Å². The molecular formula is C13H15NO. The van der Waals surface area contributed by atoms with Crippen molar-refractivity contribution >= 4 is 0 Å². The molecule has 2 heterocycles. The molecule has 3 aliphatic rings. The second-order valence-corrected chi connectivity index (χ2v) is 4.47. The molecule has 0 radical (unpaired) electrons. The van der Waals surface area contributed by atoms with Gasteiger partial charge in [0.2, 0.25) is 0 Å². The molecule has 2 heteroatoms. The number of nitrogens with zero attached hydrogens (tertiary/aromatic N) is 1. The van der Waals surface area contributed by atoms with Gasteiger partial charge in [0.15, 0.2) is 0 Å². The molecule has 2 saturated heterocycles. The van der Waals surface area contributed by atoms with Gasteiger partial charge in [0, 0.05) is 19.2 Å². The smallest absolute Gasteiger partial charge is 0.0905 e. The summed E-state index contributed by atoms with van der Waals surface area (Å²) < 4.78 is 5.37. The van der Waals surface area contributed by atoms with E-state index in [0.717, 1.165) is 19.6 Å². The number of likely N-dealkylation sites (tertiary alicyclic amines) is 1. The third kappa shape index (κ3) is 1.21. The first-order valence-corrected chi connectivity index (χ1v) is 5.38. The van der Waals surface area contributed by atoms with Gasteiger partial charge in [0.1, 0.15) is 0 Å². The number of ether oxygens (including phenoxy) is 1. The summed E-state index contributed by atoms with van der Waals surface area (Å²) in [7, 11) is 2.17. The molecule has 0 atom stereocenters. The van der Waals surface area contributed by atoms with Crippen molar-refractivity contribution < 1.29 is 4.74 Å². The summed E-state index contributed by atoms with van der Waals surface area (Å²) in [5, 5.41) is 0.